The van der Waals surface area contributed by atoms with Crippen LogP contribution in [0.3, 0.4) is 0 Å². The number of aliphatic hydroxyl groups is 2. The summed E-state index contributed by atoms with van der Waals surface area (Å²) >= 11 is 0. The van der Waals surface area contributed by atoms with Gasteiger partial charge in [0.2, 0.25) is 11.4 Å². The molecule has 0 aliphatic carbocycles. The van der Waals surface area contributed by atoms with Crippen LogP contribution in [0.5, 0.6) is 0 Å². The van der Waals surface area contributed by atoms with Gasteiger partial charge in [-0.2, -0.15) is 0 Å². The maximum atomic E-state index is 12.1. The minimum Gasteiger partial charge on any atom is -0.451 e. The Morgan fingerprint density at radius 3 is 2.75 bits per heavy atom. The van der Waals surface area contributed by atoms with Crippen molar-refractivity contribution in [3.8, 4) is 0 Å². The molecule has 6 heteroatoms. The lowest BCUT2D eigenvalue weighted by Crippen LogP contribution is -2.60. The van der Waals surface area contributed by atoms with Crippen molar-refractivity contribution in [3.63, 3.8) is 0 Å². The van der Waals surface area contributed by atoms with E-state index < -0.39 is 29.6 Å². The van der Waals surface area contributed by atoms with Crippen LogP contribution in [0.4, 0.5) is 0 Å². The van der Waals surface area contributed by atoms with E-state index in [0.717, 1.165) is 5.56 Å². The van der Waals surface area contributed by atoms with Crippen molar-refractivity contribution in [1.82, 2.24) is 0 Å². The predicted octanol–water partition coefficient (Wildman–Crippen LogP) is -0.381. The molecule has 108 valence electrons. The monoisotopic (exact) mass is 280 g/mol. The molecular weight excluding hydrogens is 264 g/mol. The first-order valence-electron chi connectivity index (χ1n) is 6.38. The van der Waals surface area contributed by atoms with Crippen LogP contribution in [0.2, 0.25) is 0 Å². The normalized spacial score (nSPS) is 39.6. The molecule has 0 amide bonds. The Labute approximate surface area is 115 Å². The summed E-state index contributed by atoms with van der Waals surface area (Å²) in [7, 11) is 1.32. The predicted molar refractivity (Wildman–Crippen MR) is 66.7 cm³/mol. The second-order valence-electron chi connectivity index (χ2n) is 5.10. The molecule has 1 aromatic rings. The molecule has 0 bridgehead atoms. The van der Waals surface area contributed by atoms with Crippen LogP contribution in [-0.4, -0.2) is 53.5 Å². The number of carbonyl (C=O) groups is 1. The average Bonchev–Trinajstić information content (AvgIpc) is 2.88. The van der Waals surface area contributed by atoms with E-state index in [0.29, 0.717) is 0 Å². The Morgan fingerprint density at radius 2 is 2.10 bits per heavy atom. The molecule has 20 heavy (non-hydrogen) atoms. The maximum absolute atomic E-state index is 12.1. The van der Waals surface area contributed by atoms with Gasteiger partial charge in [0.25, 0.3) is 0 Å². The number of benzene rings is 1. The lowest BCUT2D eigenvalue weighted by atomic mass is 9.85. The molecule has 0 saturated carbocycles. The van der Waals surface area contributed by atoms with Crippen LogP contribution in [0, 0.1) is 0 Å². The average molecular weight is 280 g/mol. The van der Waals surface area contributed by atoms with Crippen LogP contribution in [0.15, 0.2) is 30.3 Å². The highest BCUT2D eigenvalue weighted by Crippen LogP contribution is 2.46. The molecule has 0 aromatic heterocycles. The number of esters is 1. The summed E-state index contributed by atoms with van der Waals surface area (Å²) < 4.78 is 15.8. The first-order chi connectivity index (χ1) is 9.53. The Balaban J connectivity index is 1.99. The lowest BCUT2D eigenvalue weighted by Gasteiger charge is -2.35. The number of methoxy groups -OCH3 is 1. The summed E-state index contributed by atoms with van der Waals surface area (Å²) in [5.74, 6) is -2.51. The van der Waals surface area contributed by atoms with Crippen LogP contribution in [0.25, 0.3) is 0 Å². The SMILES string of the molecule is COC12OCC(O)C1OC(=O)C2(O)Cc1ccccc1. The molecule has 0 radical (unpaired) electrons. The van der Waals surface area contributed by atoms with Gasteiger partial charge in [0.1, 0.15) is 6.10 Å². The zero-order valence-electron chi connectivity index (χ0n) is 11.0. The minimum atomic E-state index is -1.98. The Kier molecular flexibility index (Phi) is 3.06. The number of hydrogen-bond acceptors (Lipinski definition) is 6. The fraction of sp³-hybridized carbons (Fsp3) is 0.500. The first-order valence-corrected chi connectivity index (χ1v) is 6.38. The van der Waals surface area contributed by atoms with Gasteiger partial charge >= 0.3 is 5.97 Å². The summed E-state index contributed by atoms with van der Waals surface area (Å²) in [4.78, 5) is 12.1. The third kappa shape index (κ3) is 1.63. The molecule has 2 aliphatic rings. The molecule has 2 aliphatic heterocycles. The molecule has 1 aromatic carbocycles. The van der Waals surface area contributed by atoms with E-state index in [4.69, 9.17) is 14.2 Å². The summed E-state index contributed by atoms with van der Waals surface area (Å²) in [6.45, 7) is -0.0527. The van der Waals surface area contributed by atoms with Gasteiger partial charge in [-0.25, -0.2) is 4.79 Å². The molecule has 4 atom stereocenters. The van der Waals surface area contributed by atoms with Gasteiger partial charge in [-0.1, -0.05) is 30.3 Å². The van der Waals surface area contributed by atoms with Crippen molar-refractivity contribution >= 4 is 5.97 Å². The largest absolute Gasteiger partial charge is 0.451 e. The van der Waals surface area contributed by atoms with E-state index in [1.54, 1.807) is 24.3 Å². The van der Waals surface area contributed by atoms with Gasteiger partial charge in [-0.05, 0) is 5.56 Å². The van der Waals surface area contributed by atoms with Gasteiger partial charge in [-0.3, -0.25) is 0 Å². The summed E-state index contributed by atoms with van der Waals surface area (Å²) in [5, 5.41) is 20.6. The van der Waals surface area contributed by atoms with E-state index in [-0.39, 0.29) is 13.0 Å². The number of ether oxygens (including phenoxy) is 3. The summed E-state index contributed by atoms with van der Waals surface area (Å²) in [6, 6.07) is 9.02. The molecule has 6 nitrogen and oxygen atoms in total. The minimum absolute atomic E-state index is 0.0102. The Bertz CT molecular complexity index is 518. The number of fused-ring (bicyclic) bond motifs is 1. The van der Waals surface area contributed by atoms with Gasteiger partial charge in [0, 0.05) is 13.5 Å². The van der Waals surface area contributed by atoms with Crippen LogP contribution < -0.4 is 0 Å². The fourth-order valence-electron chi connectivity index (χ4n) is 2.93. The Hall–Kier alpha value is -1.47. The van der Waals surface area contributed by atoms with Crippen LogP contribution in [-0.2, 0) is 25.4 Å². The standard InChI is InChI=1S/C14H16O6/c1-18-14-11(10(15)8-19-14)20-12(16)13(14,17)7-9-5-3-2-4-6-9/h2-6,10-11,15,17H,7-8H2,1H3. The highest BCUT2D eigenvalue weighted by Gasteiger charge is 2.74. The van der Waals surface area contributed by atoms with E-state index in [2.05, 4.69) is 0 Å². The van der Waals surface area contributed by atoms with Crippen molar-refractivity contribution in [2.75, 3.05) is 13.7 Å². The second-order valence-corrected chi connectivity index (χ2v) is 5.10. The highest BCUT2D eigenvalue weighted by molar-refractivity contribution is 5.84. The number of rotatable bonds is 3. The molecular formula is C14H16O6. The van der Waals surface area contributed by atoms with E-state index >= 15 is 0 Å². The molecule has 4 unspecified atom stereocenters. The number of hydrogen-bond donors (Lipinski definition) is 2. The van der Waals surface area contributed by atoms with E-state index in [9.17, 15) is 15.0 Å². The fourth-order valence-corrected chi connectivity index (χ4v) is 2.93. The van der Waals surface area contributed by atoms with E-state index in [1.165, 1.54) is 7.11 Å². The summed E-state index contributed by atoms with van der Waals surface area (Å²) in [5.41, 5.74) is -1.24. The molecule has 2 fully saturated rings. The molecule has 0 spiro atoms. The number of carbonyl (C=O) groups excluding carboxylic acids is 1. The van der Waals surface area contributed by atoms with E-state index in [1.807, 2.05) is 6.07 Å². The third-order valence-corrected chi connectivity index (χ3v) is 3.95. The Morgan fingerprint density at radius 1 is 1.40 bits per heavy atom. The molecule has 2 heterocycles. The quantitative estimate of drug-likeness (QED) is 0.734. The number of aliphatic hydroxyl groups excluding tert-OH is 1. The van der Waals surface area contributed by atoms with Crippen molar-refractivity contribution in [3.05, 3.63) is 35.9 Å². The zero-order chi connectivity index (χ0) is 14.4. The molecule has 2 saturated heterocycles. The lowest BCUT2D eigenvalue weighted by molar-refractivity contribution is -0.276. The van der Waals surface area contributed by atoms with Crippen LogP contribution in [0.1, 0.15) is 5.56 Å². The second kappa shape index (κ2) is 4.53. The van der Waals surface area contributed by atoms with Gasteiger partial charge < -0.3 is 24.4 Å². The van der Waals surface area contributed by atoms with Gasteiger partial charge in [0.05, 0.1) is 6.61 Å². The van der Waals surface area contributed by atoms with Gasteiger partial charge in [0.15, 0.2) is 6.10 Å². The topological polar surface area (TPSA) is 85.2 Å². The van der Waals surface area contributed by atoms with Gasteiger partial charge in [-0.15, -0.1) is 0 Å². The third-order valence-electron chi connectivity index (χ3n) is 3.95. The maximum Gasteiger partial charge on any atom is 0.345 e. The highest BCUT2D eigenvalue weighted by atomic mass is 16.8. The van der Waals surface area contributed by atoms with Crippen molar-refractivity contribution in [1.29, 1.82) is 0 Å². The van der Waals surface area contributed by atoms with Crippen molar-refractivity contribution in [2.45, 2.75) is 30.0 Å². The zero-order valence-corrected chi connectivity index (χ0v) is 11.0. The van der Waals surface area contributed by atoms with Crippen LogP contribution >= 0.6 is 0 Å². The molecule has 3 rings (SSSR count). The van der Waals surface area contributed by atoms with Crippen molar-refractivity contribution in [2.24, 2.45) is 0 Å². The first kappa shape index (κ1) is 13.5. The summed E-state index contributed by atoms with van der Waals surface area (Å²) in [6.07, 6.45) is -2.04. The molecule has 2 N–H and O–H groups in total. The van der Waals surface area contributed by atoms with Crippen molar-refractivity contribution < 1.29 is 29.2 Å². The smallest absolute Gasteiger partial charge is 0.345 e.